The van der Waals surface area contributed by atoms with E-state index in [0.717, 1.165) is 11.3 Å². The molecule has 0 saturated carbocycles. The second-order valence-electron chi connectivity index (χ2n) is 4.03. The summed E-state index contributed by atoms with van der Waals surface area (Å²) in [5.74, 6) is 1.13. The highest BCUT2D eigenvalue weighted by atomic mass is 79.9. The summed E-state index contributed by atoms with van der Waals surface area (Å²) in [6.45, 7) is 2.74. The second-order valence-corrected chi connectivity index (χ2v) is 5.73. The van der Waals surface area contributed by atoms with Gasteiger partial charge in [0.2, 0.25) is 0 Å². The molecule has 0 aliphatic carbocycles. The molecule has 2 rings (SSSR count). The smallest absolute Gasteiger partial charge is 0.143 e. The van der Waals surface area contributed by atoms with Crippen molar-refractivity contribution in [3.63, 3.8) is 0 Å². The molecule has 1 unspecified atom stereocenters. The lowest BCUT2D eigenvalue weighted by atomic mass is 10.2. The molecule has 2 N–H and O–H groups in total. The zero-order valence-corrected chi connectivity index (χ0v) is 13.0. The van der Waals surface area contributed by atoms with Crippen LogP contribution in [0.2, 0.25) is 0 Å². The third-order valence-electron chi connectivity index (χ3n) is 2.66. The molecule has 0 aliphatic rings. The maximum Gasteiger partial charge on any atom is 0.143 e. The van der Waals surface area contributed by atoms with Gasteiger partial charge < -0.3 is 14.8 Å². The Bertz CT molecular complexity index is 503. The maximum atomic E-state index is 9.63. The number of nitrogens with one attached hydrogen (secondary N) is 1. The van der Waals surface area contributed by atoms with Crippen LogP contribution in [0.15, 0.2) is 43.9 Å². The summed E-state index contributed by atoms with van der Waals surface area (Å²) in [5, 5.41) is 13.0. The van der Waals surface area contributed by atoms with Crippen molar-refractivity contribution in [1.82, 2.24) is 5.32 Å². The summed E-state index contributed by atoms with van der Waals surface area (Å²) >= 11 is 6.63. The summed E-state index contributed by atoms with van der Waals surface area (Å²) < 4.78 is 6.69. The normalized spacial score (nSPS) is 12.6. The van der Waals surface area contributed by atoms with Crippen LogP contribution in [0.4, 0.5) is 0 Å². The van der Waals surface area contributed by atoms with E-state index in [4.69, 9.17) is 4.42 Å². The van der Waals surface area contributed by atoms with Crippen molar-refractivity contribution in [1.29, 1.82) is 0 Å². The van der Waals surface area contributed by atoms with Gasteiger partial charge in [0.15, 0.2) is 0 Å². The van der Waals surface area contributed by atoms with E-state index in [1.54, 1.807) is 6.26 Å². The highest BCUT2D eigenvalue weighted by molar-refractivity contribution is 9.11. The number of hydrogen-bond donors (Lipinski definition) is 2. The minimum absolute atomic E-state index is 0.145. The van der Waals surface area contributed by atoms with Gasteiger partial charge >= 0.3 is 0 Å². The molecule has 1 aromatic carbocycles. The fourth-order valence-electron chi connectivity index (χ4n) is 1.63. The molecule has 1 atom stereocenters. The van der Waals surface area contributed by atoms with Crippen LogP contribution in [0.3, 0.4) is 0 Å². The van der Waals surface area contributed by atoms with Crippen LogP contribution in [-0.4, -0.2) is 5.11 Å². The number of hydrogen-bond acceptors (Lipinski definition) is 3. The Labute approximate surface area is 122 Å². The van der Waals surface area contributed by atoms with Gasteiger partial charge in [0.25, 0.3) is 0 Å². The average Bonchev–Trinajstić information content (AvgIpc) is 2.86. The van der Waals surface area contributed by atoms with Crippen molar-refractivity contribution in [3.8, 4) is 5.75 Å². The highest BCUT2D eigenvalue weighted by Gasteiger charge is 2.09. The minimum atomic E-state index is 0.145. The molecule has 96 valence electrons. The number of phenolic OH excluding ortho intramolecular Hbond substituents is 1. The SMILES string of the molecule is CC(NCc1cc(Br)c(O)c(Br)c1)c1ccco1. The Kier molecular flexibility index (Phi) is 4.48. The summed E-state index contributed by atoms with van der Waals surface area (Å²) in [6, 6.07) is 7.75. The van der Waals surface area contributed by atoms with E-state index in [1.807, 2.05) is 31.2 Å². The quantitative estimate of drug-likeness (QED) is 0.835. The Balaban J connectivity index is 2.02. The standard InChI is InChI=1S/C13H13Br2NO2/c1-8(12-3-2-4-18-12)16-7-9-5-10(14)13(17)11(15)6-9/h2-6,8,16-17H,7H2,1H3. The molecule has 0 radical (unpaired) electrons. The first-order chi connectivity index (χ1) is 8.58. The fraction of sp³-hybridized carbons (Fsp3) is 0.231. The van der Waals surface area contributed by atoms with E-state index in [2.05, 4.69) is 37.2 Å². The second kappa shape index (κ2) is 5.91. The molecule has 5 heteroatoms. The highest BCUT2D eigenvalue weighted by Crippen LogP contribution is 2.33. The lowest BCUT2D eigenvalue weighted by Gasteiger charge is -2.12. The van der Waals surface area contributed by atoms with Gasteiger partial charge in [-0.1, -0.05) is 0 Å². The topological polar surface area (TPSA) is 45.4 Å². The number of benzene rings is 1. The predicted molar refractivity (Wildman–Crippen MR) is 77.5 cm³/mol. The molecule has 0 bridgehead atoms. The van der Waals surface area contributed by atoms with E-state index < -0.39 is 0 Å². The molecule has 18 heavy (non-hydrogen) atoms. The summed E-state index contributed by atoms with van der Waals surface area (Å²) in [7, 11) is 0. The molecule has 1 heterocycles. The van der Waals surface area contributed by atoms with Crippen LogP contribution in [0.5, 0.6) is 5.75 Å². The molecule has 0 fully saturated rings. The van der Waals surface area contributed by atoms with E-state index in [1.165, 1.54) is 0 Å². The van der Waals surface area contributed by atoms with Crippen LogP contribution in [0.1, 0.15) is 24.3 Å². The van der Waals surface area contributed by atoms with Crippen molar-refractivity contribution in [2.45, 2.75) is 19.5 Å². The van der Waals surface area contributed by atoms with Crippen molar-refractivity contribution in [2.24, 2.45) is 0 Å². The predicted octanol–water partition coefficient (Wildman–Crippen LogP) is 4.36. The largest absolute Gasteiger partial charge is 0.506 e. The first-order valence-corrected chi connectivity index (χ1v) is 7.10. The molecule has 0 saturated heterocycles. The average molecular weight is 375 g/mol. The number of halogens is 2. The van der Waals surface area contributed by atoms with E-state index in [0.29, 0.717) is 15.5 Å². The number of phenols is 1. The third-order valence-corrected chi connectivity index (χ3v) is 3.87. The Morgan fingerprint density at radius 2 is 2.00 bits per heavy atom. The van der Waals surface area contributed by atoms with E-state index in [9.17, 15) is 5.11 Å². The van der Waals surface area contributed by atoms with Gasteiger partial charge in [0, 0.05) is 6.54 Å². The van der Waals surface area contributed by atoms with Crippen molar-refractivity contribution < 1.29 is 9.52 Å². The molecular formula is C13H13Br2NO2. The third kappa shape index (κ3) is 3.16. The van der Waals surface area contributed by atoms with Crippen LogP contribution in [0.25, 0.3) is 0 Å². The first-order valence-electron chi connectivity index (χ1n) is 5.51. The minimum Gasteiger partial charge on any atom is -0.506 e. The van der Waals surface area contributed by atoms with Crippen LogP contribution in [0, 0.1) is 0 Å². The van der Waals surface area contributed by atoms with Gasteiger partial charge in [0.1, 0.15) is 11.5 Å². The molecule has 0 aliphatic heterocycles. The summed E-state index contributed by atoms with van der Waals surface area (Å²) in [5.41, 5.74) is 1.07. The van der Waals surface area contributed by atoms with Gasteiger partial charge in [-0.05, 0) is 68.6 Å². The van der Waals surface area contributed by atoms with Crippen LogP contribution >= 0.6 is 31.9 Å². The molecular weight excluding hydrogens is 362 g/mol. The van der Waals surface area contributed by atoms with E-state index >= 15 is 0 Å². The van der Waals surface area contributed by atoms with Crippen molar-refractivity contribution in [3.05, 3.63) is 50.8 Å². The van der Waals surface area contributed by atoms with E-state index in [-0.39, 0.29) is 11.8 Å². The van der Waals surface area contributed by atoms with Crippen molar-refractivity contribution in [2.75, 3.05) is 0 Å². The molecule has 0 amide bonds. The Morgan fingerprint density at radius 1 is 1.33 bits per heavy atom. The summed E-state index contributed by atoms with van der Waals surface area (Å²) in [4.78, 5) is 0. The lowest BCUT2D eigenvalue weighted by molar-refractivity contribution is 0.429. The zero-order valence-electron chi connectivity index (χ0n) is 9.78. The number of furan rings is 1. The van der Waals surface area contributed by atoms with Gasteiger partial charge in [-0.3, -0.25) is 0 Å². The van der Waals surface area contributed by atoms with Gasteiger partial charge in [-0.2, -0.15) is 0 Å². The summed E-state index contributed by atoms with van der Waals surface area (Å²) in [6.07, 6.45) is 1.67. The molecule has 0 spiro atoms. The fourth-order valence-corrected chi connectivity index (χ4v) is 2.91. The maximum absolute atomic E-state index is 9.63. The Hall–Kier alpha value is -0.780. The molecule has 1 aromatic heterocycles. The molecule has 2 aromatic rings. The monoisotopic (exact) mass is 373 g/mol. The van der Waals surface area contributed by atoms with Gasteiger partial charge in [-0.25, -0.2) is 0 Å². The first kappa shape index (κ1) is 13.6. The van der Waals surface area contributed by atoms with Crippen molar-refractivity contribution >= 4 is 31.9 Å². The van der Waals surface area contributed by atoms with Crippen LogP contribution in [-0.2, 0) is 6.54 Å². The van der Waals surface area contributed by atoms with Gasteiger partial charge in [0.05, 0.1) is 21.3 Å². The number of aromatic hydroxyl groups is 1. The number of rotatable bonds is 4. The van der Waals surface area contributed by atoms with Crippen LogP contribution < -0.4 is 5.32 Å². The Morgan fingerprint density at radius 3 is 2.56 bits per heavy atom. The lowest BCUT2D eigenvalue weighted by Crippen LogP contribution is -2.17. The molecule has 3 nitrogen and oxygen atoms in total. The zero-order chi connectivity index (χ0) is 13.1. The van der Waals surface area contributed by atoms with Gasteiger partial charge in [-0.15, -0.1) is 0 Å².